The summed E-state index contributed by atoms with van der Waals surface area (Å²) < 4.78 is 5.28. The van der Waals surface area contributed by atoms with Crippen LogP contribution in [0.4, 0.5) is 4.79 Å². The molecule has 1 rings (SSSR count). The lowest BCUT2D eigenvalue weighted by atomic mass is 10.0. The lowest BCUT2D eigenvalue weighted by molar-refractivity contribution is -0.141. The van der Waals surface area contributed by atoms with E-state index in [9.17, 15) is 9.59 Å². The fraction of sp³-hybridized carbons (Fsp3) is 0.846. The number of carboxylic acids is 1. The van der Waals surface area contributed by atoms with Crippen molar-refractivity contribution in [1.82, 2.24) is 10.6 Å². The van der Waals surface area contributed by atoms with Gasteiger partial charge in [-0.2, -0.15) is 0 Å². The minimum absolute atomic E-state index is 0.0976. The average Bonchev–Trinajstić information content (AvgIpc) is 2.87. The Morgan fingerprint density at radius 3 is 2.74 bits per heavy atom. The predicted octanol–water partition coefficient (Wildman–Crippen LogP) is 1.21. The molecule has 0 aromatic heterocycles. The van der Waals surface area contributed by atoms with Crippen molar-refractivity contribution >= 4 is 12.0 Å². The number of ether oxygens (including phenoxy) is 1. The van der Waals surface area contributed by atoms with Gasteiger partial charge in [-0.3, -0.25) is 4.79 Å². The molecule has 1 heterocycles. The first kappa shape index (κ1) is 15.8. The quantitative estimate of drug-likeness (QED) is 0.608. The van der Waals surface area contributed by atoms with Crippen LogP contribution in [0.2, 0.25) is 0 Å². The van der Waals surface area contributed by atoms with Crippen molar-refractivity contribution in [2.75, 3.05) is 19.8 Å². The van der Waals surface area contributed by atoms with Crippen LogP contribution in [0.25, 0.3) is 0 Å². The second-order valence-electron chi connectivity index (χ2n) is 5.19. The molecular formula is C13H24N2O4. The van der Waals surface area contributed by atoms with Crippen molar-refractivity contribution in [3.05, 3.63) is 0 Å². The lowest BCUT2D eigenvalue weighted by Crippen LogP contribution is -2.44. The van der Waals surface area contributed by atoms with Gasteiger partial charge in [-0.25, -0.2) is 4.79 Å². The number of hydrogen-bond donors (Lipinski definition) is 3. The SMILES string of the molecule is CC(CCCNC(=O)NC(C)C1CCOC1)C(=O)O. The van der Waals surface area contributed by atoms with Crippen LogP contribution < -0.4 is 10.6 Å². The highest BCUT2D eigenvalue weighted by molar-refractivity contribution is 5.74. The number of carbonyl (C=O) groups excluding carboxylic acids is 1. The van der Waals surface area contributed by atoms with Gasteiger partial charge in [0, 0.05) is 25.1 Å². The molecule has 1 aliphatic heterocycles. The summed E-state index contributed by atoms with van der Waals surface area (Å²) in [6.07, 6.45) is 2.22. The van der Waals surface area contributed by atoms with Crippen LogP contribution in [0, 0.1) is 11.8 Å². The van der Waals surface area contributed by atoms with Gasteiger partial charge < -0.3 is 20.5 Å². The third kappa shape index (κ3) is 5.92. The predicted molar refractivity (Wildman–Crippen MR) is 71.0 cm³/mol. The van der Waals surface area contributed by atoms with Crippen LogP contribution in [0.3, 0.4) is 0 Å². The van der Waals surface area contributed by atoms with Crippen molar-refractivity contribution in [1.29, 1.82) is 0 Å². The molecule has 1 saturated heterocycles. The van der Waals surface area contributed by atoms with E-state index < -0.39 is 5.97 Å². The Bertz CT molecular complexity index is 303. The molecule has 110 valence electrons. The maximum absolute atomic E-state index is 11.6. The molecule has 0 aromatic rings. The Morgan fingerprint density at radius 1 is 1.42 bits per heavy atom. The van der Waals surface area contributed by atoms with Gasteiger partial charge in [-0.1, -0.05) is 6.92 Å². The van der Waals surface area contributed by atoms with Gasteiger partial charge in [0.15, 0.2) is 0 Å². The second-order valence-corrected chi connectivity index (χ2v) is 5.19. The number of amides is 2. The number of carboxylic acid groups (broad SMARTS) is 1. The summed E-state index contributed by atoms with van der Waals surface area (Å²) in [4.78, 5) is 22.2. The van der Waals surface area contributed by atoms with Gasteiger partial charge in [0.2, 0.25) is 0 Å². The molecule has 0 saturated carbocycles. The number of carbonyl (C=O) groups is 2. The minimum Gasteiger partial charge on any atom is -0.481 e. The molecule has 3 unspecified atom stereocenters. The molecule has 0 aliphatic carbocycles. The maximum Gasteiger partial charge on any atom is 0.315 e. The van der Waals surface area contributed by atoms with Crippen LogP contribution in [-0.4, -0.2) is 42.9 Å². The van der Waals surface area contributed by atoms with Crippen molar-refractivity contribution in [2.45, 2.75) is 39.2 Å². The van der Waals surface area contributed by atoms with Crippen LogP contribution in [0.1, 0.15) is 33.1 Å². The van der Waals surface area contributed by atoms with E-state index in [0.29, 0.717) is 31.9 Å². The van der Waals surface area contributed by atoms with Gasteiger partial charge in [0.25, 0.3) is 0 Å². The zero-order valence-corrected chi connectivity index (χ0v) is 11.6. The number of nitrogens with one attached hydrogen (secondary N) is 2. The van der Waals surface area contributed by atoms with Crippen molar-refractivity contribution < 1.29 is 19.4 Å². The second kappa shape index (κ2) is 7.99. The summed E-state index contributed by atoms with van der Waals surface area (Å²) in [6, 6.07) is -0.0946. The summed E-state index contributed by atoms with van der Waals surface area (Å²) in [5.41, 5.74) is 0. The molecule has 0 spiro atoms. The van der Waals surface area contributed by atoms with E-state index in [1.807, 2.05) is 6.92 Å². The molecule has 0 bridgehead atoms. The van der Waals surface area contributed by atoms with E-state index in [4.69, 9.17) is 9.84 Å². The Balaban J connectivity index is 2.09. The first-order valence-electron chi connectivity index (χ1n) is 6.85. The summed E-state index contributed by atoms with van der Waals surface area (Å²) in [6.45, 7) is 5.62. The van der Waals surface area contributed by atoms with Gasteiger partial charge in [0.1, 0.15) is 0 Å². The van der Waals surface area contributed by atoms with E-state index >= 15 is 0 Å². The largest absolute Gasteiger partial charge is 0.481 e. The van der Waals surface area contributed by atoms with Crippen molar-refractivity contribution in [3.8, 4) is 0 Å². The third-order valence-corrected chi connectivity index (χ3v) is 3.55. The fourth-order valence-corrected chi connectivity index (χ4v) is 2.06. The first-order valence-corrected chi connectivity index (χ1v) is 6.85. The number of hydrogen-bond acceptors (Lipinski definition) is 3. The van der Waals surface area contributed by atoms with Crippen molar-refractivity contribution in [3.63, 3.8) is 0 Å². The molecule has 3 N–H and O–H groups in total. The zero-order chi connectivity index (χ0) is 14.3. The standard InChI is InChI=1S/C13H24N2O4/c1-9(12(16)17)4-3-6-14-13(18)15-10(2)11-5-7-19-8-11/h9-11H,3-8H2,1-2H3,(H,16,17)(H2,14,15,18). The average molecular weight is 272 g/mol. The van der Waals surface area contributed by atoms with Gasteiger partial charge in [-0.05, 0) is 26.2 Å². The van der Waals surface area contributed by atoms with Gasteiger partial charge in [0.05, 0.1) is 12.5 Å². The maximum atomic E-state index is 11.6. The van der Waals surface area contributed by atoms with Crippen LogP contribution in [0.5, 0.6) is 0 Å². The molecule has 0 radical (unpaired) electrons. The van der Waals surface area contributed by atoms with E-state index in [2.05, 4.69) is 10.6 Å². The van der Waals surface area contributed by atoms with E-state index in [0.717, 1.165) is 13.0 Å². The Kier molecular flexibility index (Phi) is 6.62. The molecule has 0 aromatic carbocycles. The third-order valence-electron chi connectivity index (χ3n) is 3.55. The Labute approximate surface area is 113 Å². The van der Waals surface area contributed by atoms with Crippen LogP contribution >= 0.6 is 0 Å². The molecule has 6 heteroatoms. The van der Waals surface area contributed by atoms with Crippen LogP contribution in [-0.2, 0) is 9.53 Å². The zero-order valence-electron chi connectivity index (χ0n) is 11.6. The highest BCUT2D eigenvalue weighted by atomic mass is 16.5. The molecule has 6 nitrogen and oxygen atoms in total. The fourth-order valence-electron chi connectivity index (χ4n) is 2.06. The van der Waals surface area contributed by atoms with Gasteiger partial charge in [-0.15, -0.1) is 0 Å². The number of urea groups is 1. The molecular weight excluding hydrogens is 248 g/mol. The van der Waals surface area contributed by atoms with E-state index in [1.165, 1.54) is 0 Å². The Hall–Kier alpha value is -1.30. The highest BCUT2D eigenvalue weighted by Gasteiger charge is 2.23. The topological polar surface area (TPSA) is 87.7 Å². The summed E-state index contributed by atoms with van der Waals surface area (Å²) >= 11 is 0. The van der Waals surface area contributed by atoms with Gasteiger partial charge >= 0.3 is 12.0 Å². The number of aliphatic carboxylic acids is 1. The highest BCUT2D eigenvalue weighted by Crippen LogP contribution is 2.16. The first-order chi connectivity index (χ1) is 9.00. The van der Waals surface area contributed by atoms with Crippen molar-refractivity contribution in [2.24, 2.45) is 11.8 Å². The van der Waals surface area contributed by atoms with Crippen LogP contribution in [0.15, 0.2) is 0 Å². The molecule has 1 fully saturated rings. The summed E-state index contributed by atoms with van der Waals surface area (Å²) in [7, 11) is 0. The monoisotopic (exact) mass is 272 g/mol. The van der Waals surface area contributed by atoms with E-state index in [1.54, 1.807) is 6.92 Å². The van der Waals surface area contributed by atoms with E-state index in [-0.39, 0.29) is 18.0 Å². The molecule has 1 aliphatic rings. The summed E-state index contributed by atoms with van der Waals surface area (Å²) in [5, 5.41) is 14.4. The molecule has 3 atom stereocenters. The summed E-state index contributed by atoms with van der Waals surface area (Å²) in [5.74, 6) is -0.767. The lowest BCUT2D eigenvalue weighted by Gasteiger charge is -2.19. The smallest absolute Gasteiger partial charge is 0.315 e. The molecule has 2 amide bonds. The molecule has 19 heavy (non-hydrogen) atoms. The number of rotatable bonds is 7. The minimum atomic E-state index is -0.792. The Morgan fingerprint density at radius 2 is 2.16 bits per heavy atom. The normalized spacial score (nSPS) is 21.7.